The van der Waals surface area contributed by atoms with Crippen LogP contribution in [0.25, 0.3) is 21.3 Å². The molecule has 0 aliphatic heterocycles. The second-order valence-electron chi connectivity index (χ2n) is 5.85. The van der Waals surface area contributed by atoms with Crippen molar-refractivity contribution in [1.82, 2.24) is 14.5 Å². The van der Waals surface area contributed by atoms with Gasteiger partial charge in [-0.1, -0.05) is 12.1 Å². The van der Waals surface area contributed by atoms with Gasteiger partial charge in [-0.2, -0.15) is 0 Å². The minimum Gasteiger partial charge on any atom is -0.408 e. The number of aryl methyl sites for hydroxylation is 3. The molecule has 0 aliphatic rings. The summed E-state index contributed by atoms with van der Waals surface area (Å²) in [6.07, 6.45) is 0.331. The van der Waals surface area contributed by atoms with Gasteiger partial charge in [-0.05, 0) is 24.6 Å². The first-order chi connectivity index (χ1) is 12.5. The van der Waals surface area contributed by atoms with Gasteiger partial charge in [-0.25, -0.2) is 9.78 Å². The Kier molecular flexibility index (Phi) is 3.73. The van der Waals surface area contributed by atoms with Crippen LogP contribution in [0.4, 0.5) is 0 Å². The zero-order valence-corrected chi connectivity index (χ0v) is 14.6. The number of aromatic nitrogens is 3. The Hall–Kier alpha value is -3.20. The summed E-state index contributed by atoms with van der Waals surface area (Å²) >= 11 is 1.10. The molecule has 0 unspecified atom stereocenters. The number of nitrogens with two attached hydrogens (primary N) is 1. The van der Waals surface area contributed by atoms with Crippen molar-refractivity contribution in [3.05, 3.63) is 61.4 Å². The van der Waals surface area contributed by atoms with Gasteiger partial charge in [-0.15, -0.1) is 11.3 Å². The molecule has 0 radical (unpaired) electrons. The van der Waals surface area contributed by atoms with Gasteiger partial charge in [0.2, 0.25) is 0 Å². The average molecular weight is 370 g/mol. The summed E-state index contributed by atoms with van der Waals surface area (Å²) in [4.78, 5) is 43.8. The van der Waals surface area contributed by atoms with E-state index in [4.69, 9.17) is 10.2 Å². The lowest BCUT2D eigenvalue weighted by Gasteiger charge is -2.02. The Morgan fingerprint density at radius 2 is 2.12 bits per heavy atom. The molecule has 0 spiro atoms. The molecule has 3 N–H and O–H groups in total. The van der Waals surface area contributed by atoms with Crippen LogP contribution in [0.15, 0.2) is 38.3 Å². The van der Waals surface area contributed by atoms with E-state index < -0.39 is 11.7 Å². The van der Waals surface area contributed by atoms with Crippen LogP contribution in [0.1, 0.15) is 21.1 Å². The number of fused-ring (bicyclic) bond motifs is 2. The molecule has 3 heterocycles. The summed E-state index contributed by atoms with van der Waals surface area (Å²) in [5.74, 6) is -0.613. The number of aromatic amines is 1. The van der Waals surface area contributed by atoms with Crippen molar-refractivity contribution in [2.45, 2.75) is 19.9 Å². The number of rotatable bonds is 4. The maximum atomic E-state index is 12.4. The van der Waals surface area contributed by atoms with E-state index in [1.807, 2.05) is 6.07 Å². The summed E-state index contributed by atoms with van der Waals surface area (Å²) in [5, 5.41) is 0.374. The van der Waals surface area contributed by atoms with E-state index in [1.54, 1.807) is 25.1 Å². The van der Waals surface area contributed by atoms with Crippen LogP contribution >= 0.6 is 11.3 Å². The summed E-state index contributed by atoms with van der Waals surface area (Å²) in [7, 11) is 0. The molecule has 26 heavy (non-hydrogen) atoms. The Bertz CT molecular complexity index is 1280. The number of amides is 1. The van der Waals surface area contributed by atoms with Crippen LogP contribution in [-0.2, 0) is 13.0 Å². The quantitative estimate of drug-likeness (QED) is 0.564. The molecule has 1 aromatic carbocycles. The molecule has 1 amide bonds. The third kappa shape index (κ3) is 2.53. The molecular formula is C17H14N4O4S. The smallest absolute Gasteiger partial charge is 0.408 e. The Morgan fingerprint density at radius 3 is 2.88 bits per heavy atom. The number of benzene rings is 1. The first-order valence-corrected chi connectivity index (χ1v) is 8.68. The number of hydrogen-bond acceptors (Lipinski definition) is 6. The molecule has 4 rings (SSSR count). The number of nitrogens with zero attached hydrogens (tertiary/aromatic N) is 2. The van der Waals surface area contributed by atoms with E-state index in [2.05, 4.69) is 9.97 Å². The number of hydrogen-bond donors (Lipinski definition) is 2. The highest BCUT2D eigenvalue weighted by Crippen LogP contribution is 2.26. The number of H-pyrrole nitrogens is 1. The minimum atomic E-state index is -0.581. The van der Waals surface area contributed by atoms with Crippen molar-refractivity contribution in [3.8, 4) is 0 Å². The standard InChI is InChI=1S/C17H14N4O4S/c1-8-12-15(23)19-11(20-16(12)26-13(8)14(18)22)6-7-21-9-4-2-3-5-10(9)25-17(21)24/h2-5H,6-7H2,1H3,(H2,18,22)(H,19,20,23). The fraction of sp³-hybridized carbons (Fsp3) is 0.176. The molecule has 8 nitrogen and oxygen atoms in total. The molecule has 0 saturated heterocycles. The summed E-state index contributed by atoms with van der Waals surface area (Å²) in [5.41, 5.74) is 6.75. The number of primary amides is 1. The van der Waals surface area contributed by atoms with Gasteiger partial charge in [0.1, 0.15) is 10.7 Å². The topological polar surface area (TPSA) is 124 Å². The number of carbonyl (C=O) groups is 1. The Morgan fingerprint density at radius 1 is 1.35 bits per heavy atom. The minimum absolute atomic E-state index is 0.303. The highest BCUT2D eigenvalue weighted by molar-refractivity contribution is 7.20. The zero-order chi connectivity index (χ0) is 18.4. The maximum absolute atomic E-state index is 12.4. The van der Waals surface area contributed by atoms with Crippen LogP contribution in [0.3, 0.4) is 0 Å². The summed E-state index contributed by atoms with van der Waals surface area (Å²) in [6.45, 7) is 1.98. The van der Waals surface area contributed by atoms with E-state index in [-0.39, 0.29) is 5.56 Å². The second-order valence-corrected chi connectivity index (χ2v) is 6.85. The lowest BCUT2D eigenvalue weighted by Crippen LogP contribution is -2.18. The first-order valence-electron chi connectivity index (χ1n) is 7.86. The van der Waals surface area contributed by atoms with E-state index >= 15 is 0 Å². The monoisotopic (exact) mass is 370 g/mol. The molecule has 0 aliphatic carbocycles. The van der Waals surface area contributed by atoms with Crippen LogP contribution in [0.2, 0.25) is 0 Å². The number of para-hydroxylation sites is 2. The maximum Gasteiger partial charge on any atom is 0.419 e. The second kappa shape index (κ2) is 5.95. The molecule has 132 valence electrons. The largest absolute Gasteiger partial charge is 0.419 e. The summed E-state index contributed by atoms with van der Waals surface area (Å²) < 4.78 is 6.69. The van der Waals surface area contributed by atoms with E-state index in [0.717, 1.165) is 11.3 Å². The van der Waals surface area contributed by atoms with E-state index in [1.165, 1.54) is 4.57 Å². The SMILES string of the molecule is Cc1c(C(N)=O)sc2nc(CCn3c(=O)oc4ccccc43)[nH]c(=O)c12. The fourth-order valence-electron chi connectivity index (χ4n) is 2.99. The summed E-state index contributed by atoms with van der Waals surface area (Å²) in [6, 6.07) is 7.12. The lowest BCUT2D eigenvalue weighted by atomic mass is 10.2. The molecule has 0 saturated carbocycles. The van der Waals surface area contributed by atoms with Crippen LogP contribution in [0, 0.1) is 6.92 Å². The molecule has 0 fully saturated rings. The predicted molar refractivity (Wildman–Crippen MR) is 97.7 cm³/mol. The van der Waals surface area contributed by atoms with E-state index in [9.17, 15) is 14.4 Å². The average Bonchev–Trinajstić information content (AvgIpc) is 3.10. The molecule has 3 aromatic heterocycles. The van der Waals surface area contributed by atoms with E-state index in [0.29, 0.717) is 50.5 Å². The van der Waals surface area contributed by atoms with Gasteiger partial charge in [0.05, 0.1) is 15.8 Å². The van der Waals surface area contributed by atoms with Gasteiger partial charge >= 0.3 is 5.76 Å². The fourth-order valence-corrected chi connectivity index (χ4v) is 4.04. The molecule has 0 atom stereocenters. The van der Waals surface area contributed by atoms with Crippen molar-refractivity contribution in [1.29, 1.82) is 0 Å². The zero-order valence-electron chi connectivity index (χ0n) is 13.7. The first kappa shape index (κ1) is 16.3. The van der Waals surface area contributed by atoms with Crippen molar-refractivity contribution in [3.63, 3.8) is 0 Å². The van der Waals surface area contributed by atoms with Gasteiger partial charge < -0.3 is 15.1 Å². The van der Waals surface area contributed by atoms with Crippen LogP contribution < -0.4 is 17.0 Å². The van der Waals surface area contributed by atoms with Crippen molar-refractivity contribution >= 4 is 38.6 Å². The molecule has 9 heteroatoms. The number of nitrogens with one attached hydrogen (secondary N) is 1. The third-order valence-electron chi connectivity index (χ3n) is 4.22. The lowest BCUT2D eigenvalue weighted by molar-refractivity contribution is 0.100. The highest BCUT2D eigenvalue weighted by atomic mass is 32.1. The Balaban J connectivity index is 1.71. The number of carbonyl (C=O) groups excluding carboxylic acids is 1. The van der Waals surface area contributed by atoms with Crippen molar-refractivity contribution in [2.24, 2.45) is 5.73 Å². The van der Waals surface area contributed by atoms with Crippen LogP contribution in [-0.4, -0.2) is 20.4 Å². The van der Waals surface area contributed by atoms with Gasteiger partial charge in [-0.3, -0.25) is 14.2 Å². The van der Waals surface area contributed by atoms with Gasteiger partial charge in [0.25, 0.3) is 11.5 Å². The highest BCUT2D eigenvalue weighted by Gasteiger charge is 2.17. The van der Waals surface area contributed by atoms with Crippen molar-refractivity contribution in [2.75, 3.05) is 0 Å². The van der Waals surface area contributed by atoms with Crippen molar-refractivity contribution < 1.29 is 9.21 Å². The molecule has 4 aromatic rings. The van der Waals surface area contributed by atoms with Gasteiger partial charge in [0, 0.05) is 13.0 Å². The number of oxazole rings is 1. The van der Waals surface area contributed by atoms with Crippen LogP contribution in [0.5, 0.6) is 0 Å². The normalized spacial score (nSPS) is 11.4. The number of thiophene rings is 1. The molecular weight excluding hydrogens is 356 g/mol. The Labute approximate surface area is 149 Å². The molecule has 0 bridgehead atoms. The third-order valence-corrected chi connectivity index (χ3v) is 5.42. The predicted octanol–water partition coefficient (Wildman–Crippen LogP) is 1.54. The van der Waals surface area contributed by atoms with Gasteiger partial charge in [0.15, 0.2) is 5.58 Å².